The Labute approximate surface area is 225 Å². The molecule has 1 aliphatic rings. The summed E-state index contributed by atoms with van der Waals surface area (Å²) in [5.41, 5.74) is 0.419. The van der Waals surface area contributed by atoms with Crippen molar-refractivity contribution in [2.24, 2.45) is 0 Å². The van der Waals surface area contributed by atoms with E-state index in [2.05, 4.69) is 15.6 Å². The number of alkyl halides is 3. The van der Waals surface area contributed by atoms with E-state index in [0.29, 0.717) is 29.0 Å². The highest BCUT2D eigenvalue weighted by Crippen LogP contribution is 2.38. The van der Waals surface area contributed by atoms with E-state index in [-0.39, 0.29) is 27.8 Å². The summed E-state index contributed by atoms with van der Waals surface area (Å²) in [6, 6.07) is 6.96. The third kappa shape index (κ3) is 6.36. The molecular weight excluding hydrogens is 548 g/mol. The van der Waals surface area contributed by atoms with Gasteiger partial charge in [0.25, 0.3) is 0 Å². The van der Waals surface area contributed by atoms with Crippen molar-refractivity contribution in [2.75, 3.05) is 0 Å². The molecule has 0 unspecified atom stereocenters. The van der Waals surface area contributed by atoms with Gasteiger partial charge in [0, 0.05) is 16.6 Å². The Morgan fingerprint density at radius 1 is 1.27 bits per heavy atom. The second kappa shape index (κ2) is 10.5. The Bertz CT molecular complexity index is 1350. The van der Waals surface area contributed by atoms with Gasteiger partial charge >= 0.3 is 6.18 Å². The topological polar surface area (TPSA) is 98.0 Å². The van der Waals surface area contributed by atoms with E-state index in [1.54, 1.807) is 18.4 Å². The van der Waals surface area contributed by atoms with E-state index in [9.17, 15) is 28.3 Å². The molecule has 1 heterocycles. The Kier molecular flexibility index (Phi) is 7.72. The van der Waals surface area contributed by atoms with E-state index in [1.807, 2.05) is 6.07 Å². The molecule has 37 heavy (non-hydrogen) atoms. The van der Waals surface area contributed by atoms with Crippen molar-refractivity contribution >= 4 is 40.4 Å². The SMILES string of the molecule is Cc1csc(-c2cccc([C@H](N[C@@H](Cc3cc(Cl)c(O)c(Cl)c3)C(=O)NC3(C#N)CC3)C(F)(F)F)c2)n1. The standard InChI is InChI=1S/C25H21Cl2F3N4O2S/c1-13-11-37-23(32-13)16-4-2-3-15(10-16)21(25(28,29)30)33-19(22(36)34-24(12-31)5-6-24)9-14-7-17(26)20(35)18(27)8-14/h2-4,7-8,10-11,19,21,33,35H,5-6,9H2,1H3,(H,34,36)/t19-,21-/m0/s1. The molecule has 0 spiro atoms. The fraction of sp³-hybridized carbons (Fsp3) is 0.320. The largest absolute Gasteiger partial charge is 0.505 e. The third-order valence-electron chi connectivity index (χ3n) is 5.94. The first-order chi connectivity index (χ1) is 17.4. The number of phenols is 1. The summed E-state index contributed by atoms with van der Waals surface area (Å²) in [4.78, 5) is 17.5. The Morgan fingerprint density at radius 2 is 1.95 bits per heavy atom. The first-order valence-corrected chi connectivity index (χ1v) is 12.8. The van der Waals surface area contributed by atoms with Crippen molar-refractivity contribution in [3.8, 4) is 22.4 Å². The number of rotatable bonds is 8. The molecule has 0 radical (unpaired) electrons. The normalized spacial score (nSPS) is 16.0. The van der Waals surface area contributed by atoms with Crippen LogP contribution in [0.5, 0.6) is 5.75 Å². The van der Waals surface area contributed by atoms with Gasteiger partial charge in [-0.05, 0) is 55.5 Å². The molecule has 1 fully saturated rings. The van der Waals surface area contributed by atoms with Crippen LogP contribution >= 0.6 is 34.5 Å². The van der Waals surface area contributed by atoms with E-state index in [0.717, 1.165) is 5.69 Å². The number of carbonyl (C=O) groups excluding carboxylic acids is 1. The lowest BCUT2D eigenvalue weighted by Crippen LogP contribution is -2.52. The molecule has 1 amide bonds. The second-order valence-corrected chi connectivity index (χ2v) is 10.6. The zero-order valence-corrected chi connectivity index (χ0v) is 21.7. The van der Waals surface area contributed by atoms with Gasteiger partial charge in [-0.3, -0.25) is 10.1 Å². The molecule has 2 atom stereocenters. The summed E-state index contributed by atoms with van der Waals surface area (Å²) in [6.45, 7) is 1.79. The zero-order chi connectivity index (χ0) is 27.0. The number of carbonyl (C=O) groups is 1. The van der Waals surface area contributed by atoms with Crippen molar-refractivity contribution in [2.45, 2.75) is 50.0 Å². The van der Waals surface area contributed by atoms with Crippen LogP contribution in [-0.4, -0.2) is 33.8 Å². The van der Waals surface area contributed by atoms with E-state index >= 15 is 0 Å². The summed E-state index contributed by atoms with van der Waals surface area (Å²) in [7, 11) is 0. The van der Waals surface area contributed by atoms with Crippen LogP contribution in [0.25, 0.3) is 10.6 Å². The number of thiazole rings is 1. The highest BCUT2D eigenvalue weighted by molar-refractivity contribution is 7.13. The van der Waals surface area contributed by atoms with Crippen LogP contribution < -0.4 is 10.6 Å². The number of aromatic nitrogens is 1. The van der Waals surface area contributed by atoms with Crippen LogP contribution in [0.4, 0.5) is 13.2 Å². The number of nitriles is 1. The van der Waals surface area contributed by atoms with E-state index in [1.165, 1.54) is 41.7 Å². The van der Waals surface area contributed by atoms with Crippen molar-refractivity contribution in [3.63, 3.8) is 0 Å². The van der Waals surface area contributed by atoms with Crippen LogP contribution in [-0.2, 0) is 11.2 Å². The predicted octanol–water partition coefficient (Wildman–Crippen LogP) is 6.11. The van der Waals surface area contributed by atoms with Crippen molar-refractivity contribution in [3.05, 3.63) is 68.6 Å². The van der Waals surface area contributed by atoms with E-state index < -0.39 is 29.7 Å². The number of aryl methyl sites for hydroxylation is 1. The minimum absolute atomic E-state index is 0.0983. The Morgan fingerprint density at radius 3 is 2.49 bits per heavy atom. The predicted molar refractivity (Wildman–Crippen MR) is 136 cm³/mol. The molecule has 0 aliphatic heterocycles. The molecule has 1 aliphatic carbocycles. The summed E-state index contributed by atoms with van der Waals surface area (Å²) < 4.78 is 43.1. The molecular formula is C25H21Cl2F3N4O2S. The zero-order valence-electron chi connectivity index (χ0n) is 19.4. The van der Waals surface area contributed by atoms with Gasteiger partial charge in [0.2, 0.25) is 5.91 Å². The van der Waals surface area contributed by atoms with Crippen molar-refractivity contribution in [1.82, 2.24) is 15.6 Å². The lowest BCUT2D eigenvalue weighted by molar-refractivity contribution is -0.160. The van der Waals surface area contributed by atoms with Gasteiger partial charge in [-0.15, -0.1) is 11.3 Å². The van der Waals surface area contributed by atoms with Crippen LogP contribution in [0.3, 0.4) is 0 Å². The lowest BCUT2D eigenvalue weighted by atomic mass is 9.99. The van der Waals surface area contributed by atoms with Gasteiger partial charge in [0.15, 0.2) is 5.75 Å². The quantitative estimate of drug-likeness (QED) is 0.304. The number of halogens is 5. The average Bonchev–Trinajstić information content (AvgIpc) is 3.48. The number of benzene rings is 2. The first kappa shape index (κ1) is 27.2. The van der Waals surface area contributed by atoms with Crippen LogP contribution in [0.1, 0.15) is 35.7 Å². The van der Waals surface area contributed by atoms with Gasteiger partial charge < -0.3 is 10.4 Å². The van der Waals surface area contributed by atoms with Gasteiger partial charge in [-0.25, -0.2) is 4.98 Å². The number of phenolic OH excluding ortho intramolecular Hbond substituents is 1. The molecule has 0 saturated heterocycles. The molecule has 194 valence electrons. The maximum atomic E-state index is 14.4. The average molecular weight is 569 g/mol. The molecule has 1 saturated carbocycles. The molecule has 0 bridgehead atoms. The van der Waals surface area contributed by atoms with Gasteiger partial charge in [0.05, 0.1) is 22.2 Å². The maximum Gasteiger partial charge on any atom is 0.407 e. The van der Waals surface area contributed by atoms with Crippen LogP contribution in [0.15, 0.2) is 41.8 Å². The van der Waals surface area contributed by atoms with Crippen molar-refractivity contribution < 1.29 is 23.1 Å². The highest BCUT2D eigenvalue weighted by Gasteiger charge is 2.47. The number of hydrogen-bond acceptors (Lipinski definition) is 6. The number of aromatic hydroxyl groups is 1. The number of nitrogens with zero attached hydrogens (tertiary/aromatic N) is 2. The Balaban J connectivity index is 1.68. The molecule has 2 aromatic carbocycles. The number of hydrogen-bond donors (Lipinski definition) is 3. The minimum atomic E-state index is -4.76. The molecule has 3 N–H and O–H groups in total. The monoisotopic (exact) mass is 568 g/mol. The molecule has 6 nitrogen and oxygen atoms in total. The van der Waals surface area contributed by atoms with Crippen molar-refractivity contribution in [1.29, 1.82) is 5.26 Å². The highest BCUT2D eigenvalue weighted by atomic mass is 35.5. The third-order valence-corrected chi connectivity index (χ3v) is 7.53. The first-order valence-electron chi connectivity index (χ1n) is 11.2. The number of amides is 1. The fourth-order valence-corrected chi connectivity index (χ4v) is 5.16. The smallest absolute Gasteiger partial charge is 0.407 e. The van der Waals surface area contributed by atoms with Crippen LogP contribution in [0.2, 0.25) is 10.0 Å². The summed E-state index contributed by atoms with van der Waals surface area (Å²) >= 11 is 13.3. The summed E-state index contributed by atoms with van der Waals surface area (Å²) in [5.74, 6) is -1.13. The Hall–Kier alpha value is -2.84. The maximum absolute atomic E-state index is 14.4. The van der Waals surface area contributed by atoms with Gasteiger partial charge in [0.1, 0.15) is 16.6 Å². The molecule has 1 aromatic heterocycles. The summed E-state index contributed by atoms with van der Waals surface area (Å²) in [5, 5.41) is 26.4. The van der Waals surface area contributed by atoms with Crippen LogP contribution in [0, 0.1) is 18.3 Å². The molecule has 3 aromatic rings. The molecule has 4 rings (SSSR count). The second-order valence-electron chi connectivity index (χ2n) is 8.91. The fourth-order valence-electron chi connectivity index (χ4n) is 3.83. The van der Waals surface area contributed by atoms with Gasteiger partial charge in [-0.1, -0.05) is 41.4 Å². The minimum Gasteiger partial charge on any atom is -0.505 e. The molecule has 12 heteroatoms. The lowest BCUT2D eigenvalue weighted by Gasteiger charge is -2.28. The van der Waals surface area contributed by atoms with Gasteiger partial charge in [-0.2, -0.15) is 18.4 Å². The number of nitrogens with one attached hydrogen (secondary N) is 2. The van der Waals surface area contributed by atoms with E-state index in [4.69, 9.17) is 23.2 Å². The summed E-state index contributed by atoms with van der Waals surface area (Å²) in [6.07, 6.45) is -4.16.